The van der Waals surface area contributed by atoms with Crippen molar-refractivity contribution < 1.29 is 9.18 Å². The highest BCUT2D eigenvalue weighted by atomic mass is 19.1. The van der Waals surface area contributed by atoms with Crippen LogP contribution in [0, 0.1) is 12.3 Å². The van der Waals surface area contributed by atoms with Gasteiger partial charge >= 0.3 is 0 Å². The number of alkyl halides is 1. The molecule has 1 fully saturated rings. The van der Waals surface area contributed by atoms with Gasteiger partial charge in [0.05, 0.1) is 0 Å². The molecule has 0 spiro atoms. The normalized spacial score (nSPS) is 19.4. The highest BCUT2D eigenvalue weighted by Crippen LogP contribution is 2.23. The van der Waals surface area contributed by atoms with Gasteiger partial charge in [0.1, 0.15) is 12.0 Å². The van der Waals surface area contributed by atoms with Crippen molar-refractivity contribution in [1.29, 1.82) is 0 Å². The quantitative estimate of drug-likeness (QED) is 0.907. The molecular weight excluding hydrogens is 281 g/mol. The second-order valence-corrected chi connectivity index (χ2v) is 6.81. The van der Waals surface area contributed by atoms with Crippen LogP contribution in [-0.4, -0.2) is 35.1 Å². The van der Waals surface area contributed by atoms with Crippen molar-refractivity contribution >= 4 is 11.7 Å². The van der Waals surface area contributed by atoms with E-state index < -0.39 is 11.6 Å². The van der Waals surface area contributed by atoms with Crippen molar-refractivity contribution in [3.63, 3.8) is 0 Å². The summed E-state index contributed by atoms with van der Waals surface area (Å²) in [5.74, 6) is 0.547. The van der Waals surface area contributed by atoms with E-state index in [9.17, 15) is 9.18 Å². The Morgan fingerprint density at radius 2 is 2.27 bits per heavy atom. The summed E-state index contributed by atoms with van der Waals surface area (Å²) in [5, 5.41) is 2.89. The largest absolute Gasteiger partial charge is 0.310 e. The average molecular weight is 307 g/mol. The molecule has 1 aromatic heterocycles. The number of nitrogens with zero attached hydrogens (tertiary/aromatic N) is 2. The van der Waals surface area contributed by atoms with Crippen LogP contribution in [0.2, 0.25) is 0 Å². The molecule has 2 rings (SSSR count). The molecule has 1 aliphatic heterocycles. The molecule has 1 amide bonds. The van der Waals surface area contributed by atoms with Crippen LogP contribution < -0.4 is 5.32 Å². The van der Waals surface area contributed by atoms with Crippen molar-refractivity contribution in [2.45, 2.75) is 53.3 Å². The monoisotopic (exact) mass is 307 g/mol. The van der Waals surface area contributed by atoms with E-state index in [0.717, 1.165) is 24.1 Å². The molecule has 122 valence electrons. The third-order valence-electron chi connectivity index (χ3n) is 4.56. The lowest BCUT2D eigenvalue weighted by molar-refractivity contribution is -0.124. The van der Waals surface area contributed by atoms with Crippen molar-refractivity contribution in [3.8, 4) is 0 Å². The number of hydrogen-bond donors (Lipinski definition) is 1. The van der Waals surface area contributed by atoms with Crippen LogP contribution in [0.1, 0.15) is 44.7 Å². The standard InChI is InChI=1S/C17H26FN3O/c1-5-17(3,4)16(22)20-15-8-13(12(2)9-19-15)10-21-7-6-14(18)11-21/h8-9,14H,5-7,10-11H2,1-4H3,(H,19,20,22). The lowest BCUT2D eigenvalue weighted by atomic mass is 9.89. The van der Waals surface area contributed by atoms with Crippen molar-refractivity contribution in [1.82, 2.24) is 9.88 Å². The van der Waals surface area contributed by atoms with Crippen LogP contribution in [0.5, 0.6) is 0 Å². The first-order valence-electron chi connectivity index (χ1n) is 7.95. The SMILES string of the molecule is CCC(C)(C)C(=O)Nc1cc(CN2CCC(F)C2)c(C)cn1. The Balaban J connectivity index is 2.08. The maximum atomic E-state index is 13.3. The van der Waals surface area contributed by atoms with Crippen LogP contribution in [0.3, 0.4) is 0 Å². The van der Waals surface area contributed by atoms with Gasteiger partial charge in [-0.1, -0.05) is 20.8 Å². The number of halogens is 1. The summed E-state index contributed by atoms with van der Waals surface area (Å²) in [4.78, 5) is 18.6. The third kappa shape index (κ3) is 4.03. The highest BCUT2D eigenvalue weighted by Gasteiger charge is 2.26. The van der Waals surface area contributed by atoms with E-state index in [2.05, 4.69) is 15.2 Å². The maximum absolute atomic E-state index is 13.3. The number of anilines is 1. The van der Waals surface area contributed by atoms with Gasteiger partial charge in [0.15, 0.2) is 0 Å². The minimum atomic E-state index is -0.716. The summed E-state index contributed by atoms with van der Waals surface area (Å²) in [6.45, 7) is 9.81. The molecule has 1 N–H and O–H groups in total. The van der Waals surface area contributed by atoms with Crippen LogP contribution in [-0.2, 0) is 11.3 Å². The summed E-state index contributed by atoms with van der Waals surface area (Å²) in [6, 6.07) is 1.91. The van der Waals surface area contributed by atoms with Crippen molar-refractivity contribution in [3.05, 3.63) is 23.4 Å². The number of aromatic nitrogens is 1. The number of pyridine rings is 1. The van der Waals surface area contributed by atoms with Gasteiger partial charge in [0.25, 0.3) is 0 Å². The molecule has 5 heteroatoms. The van der Waals surface area contributed by atoms with E-state index in [0.29, 0.717) is 25.3 Å². The summed E-state index contributed by atoms with van der Waals surface area (Å²) in [5.41, 5.74) is 1.74. The Labute approximate surface area is 132 Å². The number of likely N-dealkylation sites (tertiary alicyclic amines) is 1. The second kappa shape index (κ2) is 6.73. The Kier molecular flexibility index (Phi) is 5.16. The highest BCUT2D eigenvalue weighted by molar-refractivity contribution is 5.94. The Morgan fingerprint density at radius 3 is 2.86 bits per heavy atom. The van der Waals surface area contributed by atoms with Crippen LogP contribution >= 0.6 is 0 Å². The zero-order valence-corrected chi connectivity index (χ0v) is 13.9. The predicted octanol–water partition coefficient (Wildman–Crippen LogP) is 3.31. The van der Waals surface area contributed by atoms with Gasteiger partial charge in [-0.15, -0.1) is 0 Å². The molecule has 22 heavy (non-hydrogen) atoms. The second-order valence-electron chi connectivity index (χ2n) is 6.81. The fraction of sp³-hybridized carbons (Fsp3) is 0.647. The molecule has 1 unspecified atom stereocenters. The molecule has 0 radical (unpaired) electrons. The first kappa shape index (κ1) is 16.9. The van der Waals surface area contributed by atoms with Gasteiger partial charge in [-0.3, -0.25) is 9.69 Å². The molecular formula is C17H26FN3O. The summed E-state index contributed by atoms with van der Waals surface area (Å²) in [7, 11) is 0. The van der Waals surface area contributed by atoms with Gasteiger partial charge in [0, 0.05) is 31.2 Å². The topological polar surface area (TPSA) is 45.2 Å². The van der Waals surface area contributed by atoms with E-state index in [1.165, 1.54) is 0 Å². The lowest BCUT2D eigenvalue weighted by Gasteiger charge is -2.22. The molecule has 0 aromatic carbocycles. The van der Waals surface area contributed by atoms with Crippen LogP contribution in [0.25, 0.3) is 0 Å². The summed E-state index contributed by atoms with van der Waals surface area (Å²) >= 11 is 0. The molecule has 1 saturated heterocycles. The molecule has 0 bridgehead atoms. The predicted molar refractivity (Wildman–Crippen MR) is 86.5 cm³/mol. The van der Waals surface area contributed by atoms with Crippen LogP contribution in [0.15, 0.2) is 12.3 Å². The minimum Gasteiger partial charge on any atom is -0.310 e. The number of nitrogens with one attached hydrogen (secondary N) is 1. The molecule has 0 aliphatic carbocycles. The smallest absolute Gasteiger partial charge is 0.231 e. The zero-order chi connectivity index (χ0) is 16.3. The molecule has 2 heterocycles. The molecule has 1 atom stereocenters. The summed E-state index contributed by atoms with van der Waals surface area (Å²) in [6.07, 6.45) is 2.43. The van der Waals surface area contributed by atoms with Crippen molar-refractivity contribution in [2.75, 3.05) is 18.4 Å². The average Bonchev–Trinajstić information content (AvgIpc) is 2.87. The van der Waals surface area contributed by atoms with Gasteiger partial charge in [-0.25, -0.2) is 9.37 Å². The van der Waals surface area contributed by atoms with E-state index in [4.69, 9.17) is 0 Å². The number of carbonyl (C=O) groups excluding carboxylic acids is 1. The van der Waals surface area contributed by atoms with E-state index in [1.807, 2.05) is 33.8 Å². The molecule has 1 aliphatic rings. The Hall–Kier alpha value is -1.49. The van der Waals surface area contributed by atoms with Gasteiger partial charge in [-0.05, 0) is 37.0 Å². The maximum Gasteiger partial charge on any atom is 0.231 e. The number of rotatable bonds is 5. The van der Waals surface area contributed by atoms with Gasteiger partial charge < -0.3 is 5.32 Å². The van der Waals surface area contributed by atoms with E-state index in [1.54, 1.807) is 6.20 Å². The van der Waals surface area contributed by atoms with Gasteiger partial charge in [-0.2, -0.15) is 0 Å². The molecule has 1 aromatic rings. The lowest BCUT2D eigenvalue weighted by Crippen LogP contribution is -2.30. The minimum absolute atomic E-state index is 0.0257. The first-order chi connectivity index (χ1) is 10.3. The number of amides is 1. The van der Waals surface area contributed by atoms with Crippen molar-refractivity contribution in [2.24, 2.45) is 5.41 Å². The first-order valence-corrected chi connectivity index (χ1v) is 7.95. The summed E-state index contributed by atoms with van der Waals surface area (Å²) < 4.78 is 13.3. The third-order valence-corrected chi connectivity index (χ3v) is 4.56. The molecule has 0 saturated carbocycles. The number of hydrogen-bond acceptors (Lipinski definition) is 3. The van der Waals surface area contributed by atoms with Crippen LogP contribution in [0.4, 0.5) is 10.2 Å². The van der Waals surface area contributed by atoms with E-state index >= 15 is 0 Å². The van der Waals surface area contributed by atoms with Gasteiger partial charge in [0.2, 0.25) is 5.91 Å². The number of carbonyl (C=O) groups is 1. The Morgan fingerprint density at radius 1 is 1.55 bits per heavy atom. The Bertz CT molecular complexity index is 545. The molecule has 4 nitrogen and oxygen atoms in total. The fourth-order valence-electron chi connectivity index (χ4n) is 2.42. The zero-order valence-electron chi connectivity index (χ0n) is 13.9. The fourth-order valence-corrected chi connectivity index (χ4v) is 2.42. The van der Waals surface area contributed by atoms with E-state index in [-0.39, 0.29) is 5.91 Å². The number of aryl methyl sites for hydroxylation is 1.